The van der Waals surface area contributed by atoms with Crippen LogP contribution in [0.1, 0.15) is 18.4 Å². The summed E-state index contributed by atoms with van der Waals surface area (Å²) < 4.78 is 14.3. The number of nitrogens with one attached hydrogen (secondary N) is 2. The molecule has 0 bridgehead atoms. The van der Waals surface area contributed by atoms with E-state index in [1.807, 2.05) is 31.2 Å². The van der Waals surface area contributed by atoms with Crippen molar-refractivity contribution < 1.29 is 4.39 Å². The number of para-hydroxylation sites is 1. The lowest BCUT2D eigenvalue weighted by molar-refractivity contribution is 0.131. The lowest BCUT2D eigenvalue weighted by atomic mass is 9.94. The summed E-state index contributed by atoms with van der Waals surface area (Å²) >= 11 is 0. The van der Waals surface area contributed by atoms with Crippen LogP contribution in [-0.2, 0) is 0 Å². The van der Waals surface area contributed by atoms with E-state index in [4.69, 9.17) is 0 Å². The minimum atomic E-state index is -1.05. The van der Waals surface area contributed by atoms with Crippen LogP contribution in [-0.4, -0.2) is 25.3 Å². The molecule has 1 heterocycles. The Morgan fingerprint density at radius 1 is 1.31 bits per heavy atom. The Kier molecular flexibility index (Phi) is 3.44. The molecular weight excluding hydrogens is 203 g/mol. The minimum Gasteiger partial charge on any atom is -0.382 e. The Balaban J connectivity index is 1.94. The number of hydrogen-bond donors (Lipinski definition) is 2. The third kappa shape index (κ3) is 2.73. The average molecular weight is 222 g/mol. The topological polar surface area (TPSA) is 24.1 Å². The molecule has 0 aliphatic carbocycles. The summed E-state index contributed by atoms with van der Waals surface area (Å²) in [5.74, 6) is 0. The molecule has 0 aromatic heterocycles. The summed E-state index contributed by atoms with van der Waals surface area (Å²) in [6.45, 7) is 4.02. The Hall–Kier alpha value is -1.09. The molecule has 2 N–H and O–H groups in total. The first-order valence-corrected chi connectivity index (χ1v) is 5.89. The highest BCUT2D eigenvalue weighted by Crippen LogP contribution is 2.24. The van der Waals surface area contributed by atoms with Gasteiger partial charge in [0.25, 0.3) is 0 Å². The number of alkyl halides is 1. The third-order valence-electron chi connectivity index (χ3n) is 3.24. The van der Waals surface area contributed by atoms with Crippen molar-refractivity contribution in [3.63, 3.8) is 0 Å². The van der Waals surface area contributed by atoms with Crippen LogP contribution in [0, 0.1) is 6.92 Å². The van der Waals surface area contributed by atoms with Crippen molar-refractivity contribution in [2.45, 2.75) is 25.4 Å². The van der Waals surface area contributed by atoms with E-state index in [0.29, 0.717) is 19.4 Å². The van der Waals surface area contributed by atoms with Crippen LogP contribution in [0.5, 0.6) is 0 Å². The van der Waals surface area contributed by atoms with Gasteiger partial charge in [0, 0.05) is 12.2 Å². The van der Waals surface area contributed by atoms with Gasteiger partial charge in [-0.1, -0.05) is 18.2 Å². The molecule has 1 aliphatic rings. The monoisotopic (exact) mass is 222 g/mol. The normalized spacial score (nSPS) is 19.4. The van der Waals surface area contributed by atoms with Crippen LogP contribution in [0.15, 0.2) is 24.3 Å². The molecule has 1 aromatic rings. The molecule has 0 spiro atoms. The average Bonchev–Trinajstić information content (AvgIpc) is 2.29. The number of halogens is 1. The zero-order chi connectivity index (χ0) is 11.4. The summed E-state index contributed by atoms with van der Waals surface area (Å²) in [4.78, 5) is 0. The van der Waals surface area contributed by atoms with E-state index < -0.39 is 5.67 Å². The van der Waals surface area contributed by atoms with Crippen LogP contribution in [0.4, 0.5) is 10.1 Å². The first-order chi connectivity index (χ1) is 7.70. The maximum absolute atomic E-state index is 14.3. The van der Waals surface area contributed by atoms with Crippen molar-refractivity contribution in [3.8, 4) is 0 Å². The molecule has 2 rings (SSSR count). The second-order valence-corrected chi connectivity index (χ2v) is 4.57. The van der Waals surface area contributed by atoms with Gasteiger partial charge in [-0.2, -0.15) is 0 Å². The maximum atomic E-state index is 14.3. The molecule has 1 fully saturated rings. The smallest absolute Gasteiger partial charge is 0.130 e. The molecule has 16 heavy (non-hydrogen) atoms. The van der Waals surface area contributed by atoms with E-state index in [2.05, 4.69) is 10.6 Å². The van der Waals surface area contributed by atoms with Gasteiger partial charge in [-0.3, -0.25) is 0 Å². The second kappa shape index (κ2) is 4.83. The summed E-state index contributed by atoms with van der Waals surface area (Å²) in [6, 6.07) is 8.01. The van der Waals surface area contributed by atoms with Crippen molar-refractivity contribution in [2.24, 2.45) is 0 Å². The lowest BCUT2D eigenvalue weighted by Gasteiger charge is -2.30. The number of aryl methyl sites for hydroxylation is 1. The number of rotatable bonds is 3. The fourth-order valence-electron chi connectivity index (χ4n) is 2.08. The Morgan fingerprint density at radius 3 is 2.69 bits per heavy atom. The van der Waals surface area contributed by atoms with Crippen molar-refractivity contribution in [1.82, 2.24) is 5.32 Å². The van der Waals surface area contributed by atoms with Gasteiger partial charge >= 0.3 is 0 Å². The summed E-state index contributed by atoms with van der Waals surface area (Å²) in [7, 11) is 0. The van der Waals surface area contributed by atoms with Gasteiger partial charge in [0.1, 0.15) is 5.67 Å². The van der Waals surface area contributed by atoms with Gasteiger partial charge in [-0.15, -0.1) is 0 Å². The summed E-state index contributed by atoms with van der Waals surface area (Å²) in [6.07, 6.45) is 1.21. The molecule has 0 unspecified atom stereocenters. The molecule has 0 amide bonds. The SMILES string of the molecule is Cc1ccccc1NCC1(F)CCNCC1. The van der Waals surface area contributed by atoms with Crippen LogP contribution in [0.25, 0.3) is 0 Å². The van der Waals surface area contributed by atoms with E-state index in [-0.39, 0.29) is 0 Å². The van der Waals surface area contributed by atoms with E-state index in [1.54, 1.807) is 0 Å². The number of hydrogen-bond acceptors (Lipinski definition) is 2. The molecule has 3 heteroatoms. The van der Waals surface area contributed by atoms with Crippen LogP contribution >= 0.6 is 0 Å². The molecule has 0 saturated carbocycles. The number of piperidine rings is 1. The van der Waals surface area contributed by atoms with E-state index in [9.17, 15) is 4.39 Å². The van der Waals surface area contributed by atoms with Crippen LogP contribution < -0.4 is 10.6 Å². The zero-order valence-electron chi connectivity index (χ0n) is 9.72. The molecule has 1 aromatic carbocycles. The summed E-state index contributed by atoms with van der Waals surface area (Å²) in [5, 5.41) is 6.40. The minimum absolute atomic E-state index is 0.416. The Morgan fingerprint density at radius 2 is 2.00 bits per heavy atom. The predicted octanol–water partition coefficient (Wildman–Crippen LogP) is 2.50. The molecule has 1 saturated heterocycles. The van der Waals surface area contributed by atoms with E-state index in [0.717, 1.165) is 18.8 Å². The number of anilines is 1. The van der Waals surface area contributed by atoms with Gasteiger partial charge in [0.05, 0.1) is 0 Å². The molecule has 1 aliphatic heterocycles. The molecular formula is C13H19FN2. The number of benzene rings is 1. The fraction of sp³-hybridized carbons (Fsp3) is 0.538. The Labute approximate surface area is 96.2 Å². The van der Waals surface area contributed by atoms with E-state index >= 15 is 0 Å². The van der Waals surface area contributed by atoms with Crippen molar-refractivity contribution in [3.05, 3.63) is 29.8 Å². The molecule has 0 atom stereocenters. The highest BCUT2D eigenvalue weighted by Gasteiger charge is 2.31. The predicted molar refractivity (Wildman–Crippen MR) is 65.6 cm³/mol. The van der Waals surface area contributed by atoms with Crippen LogP contribution in [0.3, 0.4) is 0 Å². The first-order valence-electron chi connectivity index (χ1n) is 5.89. The van der Waals surface area contributed by atoms with E-state index in [1.165, 1.54) is 5.56 Å². The fourth-order valence-corrected chi connectivity index (χ4v) is 2.08. The largest absolute Gasteiger partial charge is 0.382 e. The standard InChI is InChI=1S/C13H19FN2/c1-11-4-2-3-5-12(11)16-10-13(14)6-8-15-9-7-13/h2-5,15-16H,6-10H2,1H3. The molecule has 2 nitrogen and oxygen atoms in total. The highest BCUT2D eigenvalue weighted by atomic mass is 19.1. The third-order valence-corrected chi connectivity index (χ3v) is 3.24. The van der Waals surface area contributed by atoms with Gasteiger partial charge in [-0.05, 0) is 44.5 Å². The molecule has 88 valence electrons. The van der Waals surface area contributed by atoms with Crippen molar-refractivity contribution in [1.29, 1.82) is 0 Å². The Bertz CT molecular complexity index is 346. The first kappa shape index (κ1) is 11.4. The van der Waals surface area contributed by atoms with Gasteiger partial charge in [0.2, 0.25) is 0 Å². The lowest BCUT2D eigenvalue weighted by Crippen LogP contribution is -2.43. The van der Waals surface area contributed by atoms with Gasteiger partial charge in [0.15, 0.2) is 0 Å². The zero-order valence-corrected chi connectivity index (χ0v) is 9.72. The van der Waals surface area contributed by atoms with Crippen molar-refractivity contribution >= 4 is 5.69 Å². The quantitative estimate of drug-likeness (QED) is 0.821. The second-order valence-electron chi connectivity index (χ2n) is 4.57. The summed E-state index contributed by atoms with van der Waals surface area (Å²) in [5.41, 5.74) is 1.16. The van der Waals surface area contributed by atoms with Gasteiger partial charge in [-0.25, -0.2) is 4.39 Å². The van der Waals surface area contributed by atoms with Gasteiger partial charge < -0.3 is 10.6 Å². The molecule has 0 radical (unpaired) electrons. The highest BCUT2D eigenvalue weighted by molar-refractivity contribution is 5.50. The van der Waals surface area contributed by atoms with Crippen LogP contribution in [0.2, 0.25) is 0 Å². The van der Waals surface area contributed by atoms with Crippen molar-refractivity contribution in [2.75, 3.05) is 25.0 Å². The maximum Gasteiger partial charge on any atom is 0.130 e.